The van der Waals surface area contributed by atoms with E-state index in [0.29, 0.717) is 0 Å². The van der Waals surface area contributed by atoms with Gasteiger partial charge in [-0.1, -0.05) is 0 Å². The van der Waals surface area contributed by atoms with Crippen molar-refractivity contribution in [2.24, 2.45) is 0 Å². The Balaban J connectivity index is 2.77. The Labute approximate surface area is 68.2 Å². The predicted octanol–water partition coefficient (Wildman–Crippen LogP) is 3.38. The molecule has 0 aromatic heterocycles. The van der Waals surface area contributed by atoms with Gasteiger partial charge in [-0.25, -0.2) is 0 Å². The third kappa shape index (κ3) is 8.50. The molecule has 0 radical (unpaired) electrons. The van der Waals surface area contributed by atoms with Crippen LogP contribution in [-0.2, 0) is 0 Å². The Morgan fingerprint density at radius 1 is 1.00 bits per heavy atom. The van der Waals surface area contributed by atoms with Crippen LogP contribution in [0.5, 0.6) is 0 Å². The molecule has 0 nitrogen and oxygen atoms in total. The van der Waals surface area contributed by atoms with Crippen LogP contribution in [0.3, 0.4) is 0 Å². The van der Waals surface area contributed by atoms with Crippen LogP contribution >= 0.6 is 0 Å². The predicted molar refractivity (Wildman–Crippen MR) is 41.5 cm³/mol. The molecule has 0 N–H and O–H groups in total. The standard InChI is InChI=1S/C7H15.2FH.Ga/c1-3-5-7-6-4-2;;;/h1,3-7H2,2H3;2*1H;/q;;;+2/p-2. The SMILES string of the molecule is CCCCCC[CH2][Ga]([F])[F]. The van der Waals surface area contributed by atoms with Gasteiger partial charge in [0.25, 0.3) is 0 Å². The van der Waals surface area contributed by atoms with E-state index in [9.17, 15) is 6.57 Å². The van der Waals surface area contributed by atoms with E-state index in [0.717, 1.165) is 19.3 Å². The summed E-state index contributed by atoms with van der Waals surface area (Å²) in [5, 5.41) is 0. The van der Waals surface area contributed by atoms with Crippen molar-refractivity contribution in [3.8, 4) is 0 Å². The molecule has 0 spiro atoms. The third-order valence-corrected chi connectivity index (χ3v) is 3.30. The summed E-state index contributed by atoms with van der Waals surface area (Å²) in [6, 6.07) is 0. The van der Waals surface area contributed by atoms with E-state index in [4.69, 9.17) is 0 Å². The van der Waals surface area contributed by atoms with E-state index in [-0.39, 0.29) is 4.98 Å². The van der Waals surface area contributed by atoms with Gasteiger partial charge in [0, 0.05) is 0 Å². The summed E-state index contributed by atoms with van der Waals surface area (Å²) in [5.74, 6) is 0. The Kier molecular flexibility index (Phi) is 7.98. The second-order valence-electron chi connectivity index (χ2n) is 2.59. The monoisotopic (exact) mass is 206 g/mol. The third-order valence-electron chi connectivity index (χ3n) is 1.53. The maximum atomic E-state index is 11.7. The summed E-state index contributed by atoms with van der Waals surface area (Å²) in [5.41, 5.74) is 0. The molecule has 10 heavy (non-hydrogen) atoms. The summed E-state index contributed by atoms with van der Waals surface area (Å²) in [4.78, 5) is 0.275. The first-order valence-corrected chi connectivity index (χ1v) is 7.60. The summed E-state index contributed by atoms with van der Waals surface area (Å²) in [6.07, 6.45) is 5.33. The molecule has 0 aliphatic heterocycles. The molecular weight excluding hydrogens is 192 g/mol. The van der Waals surface area contributed by atoms with Crippen molar-refractivity contribution in [3.63, 3.8) is 0 Å². The fourth-order valence-corrected chi connectivity index (χ4v) is 2.16. The van der Waals surface area contributed by atoms with Gasteiger partial charge in [0.05, 0.1) is 0 Å². The normalized spacial score (nSPS) is 9.90. The minimum absolute atomic E-state index is 0.275. The molecule has 0 aromatic carbocycles. The number of halogens is 2. The van der Waals surface area contributed by atoms with Crippen LogP contribution in [0.2, 0.25) is 4.98 Å². The van der Waals surface area contributed by atoms with Crippen LogP contribution in [-0.4, -0.2) is 17.2 Å². The maximum absolute atomic E-state index is 11.7. The summed E-state index contributed by atoms with van der Waals surface area (Å²) < 4.78 is 23.5. The van der Waals surface area contributed by atoms with Crippen LogP contribution in [0.15, 0.2) is 0 Å². The van der Waals surface area contributed by atoms with E-state index >= 15 is 0 Å². The first-order chi connectivity index (χ1) is 4.77. The number of unbranched alkanes of at least 4 members (excludes halogenated alkanes) is 4. The number of rotatable bonds is 6. The summed E-state index contributed by atoms with van der Waals surface area (Å²) in [7, 11) is 0. The molecule has 0 heterocycles. The molecule has 0 bridgehead atoms. The van der Waals surface area contributed by atoms with Crippen LogP contribution in [0.4, 0.5) is 6.57 Å². The van der Waals surface area contributed by atoms with E-state index in [1.54, 1.807) is 0 Å². The molecule has 0 atom stereocenters. The van der Waals surface area contributed by atoms with Crippen LogP contribution in [0.25, 0.3) is 0 Å². The molecule has 0 unspecified atom stereocenters. The Bertz CT molecular complexity index is 66.6. The van der Waals surface area contributed by atoms with Crippen LogP contribution < -0.4 is 0 Å². The molecule has 0 saturated carbocycles. The van der Waals surface area contributed by atoms with Crippen molar-refractivity contribution >= 4 is 17.2 Å². The molecular formula is C7H15F2Ga. The van der Waals surface area contributed by atoms with Crippen molar-refractivity contribution in [2.75, 3.05) is 0 Å². The zero-order chi connectivity index (χ0) is 7.82. The van der Waals surface area contributed by atoms with Gasteiger partial charge < -0.3 is 0 Å². The van der Waals surface area contributed by atoms with Gasteiger partial charge >= 0.3 is 67.8 Å². The van der Waals surface area contributed by atoms with Gasteiger partial charge in [-0.05, 0) is 0 Å². The molecule has 0 saturated heterocycles. The first-order valence-electron chi connectivity index (χ1n) is 4.05. The average molecular weight is 207 g/mol. The second kappa shape index (κ2) is 7.60. The van der Waals surface area contributed by atoms with E-state index in [2.05, 4.69) is 6.92 Å². The van der Waals surface area contributed by atoms with Crippen LogP contribution in [0, 0.1) is 0 Å². The molecule has 0 amide bonds. The van der Waals surface area contributed by atoms with E-state index < -0.39 is 17.2 Å². The summed E-state index contributed by atoms with van der Waals surface area (Å²) in [6.45, 7) is 2.13. The Hall–Kier alpha value is 0.496. The zero-order valence-electron chi connectivity index (χ0n) is 6.58. The van der Waals surface area contributed by atoms with Gasteiger partial charge in [-0.2, -0.15) is 0 Å². The Morgan fingerprint density at radius 3 is 2.10 bits per heavy atom. The number of hydrogen-bond acceptors (Lipinski definition) is 0. The average Bonchev–Trinajstić information content (AvgIpc) is 1.87. The molecule has 0 aliphatic carbocycles. The van der Waals surface area contributed by atoms with Gasteiger partial charge in [-0.15, -0.1) is 0 Å². The molecule has 0 aromatic rings. The van der Waals surface area contributed by atoms with Crippen molar-refractivity contribution in [1.82, 2.24) is 0 Å². The topological polar surface area (TPSA) is 0 Å². The van der Waals surface area contributed by atoms with Gasteiger partial charge in [0.15, 0.2) is 0 Å². The Morgan fingerprint density at radius 2 is 1.60 bits per heavy atom. The first kappa shape index (κ1) is 10.5. The molecule has 0 aliphatic rings. The minimum atomic E-state index is -3.62. The van der Waals surface area contributed by atoms with Crippen LogP contribution in [0.1, 0.15) is 39.0 Å². The van der Waals surface area contributed by atoms with Crippen molar-refractivity contribution < 1.29 is 6.57 Å². The molecule has 60 valence electrons. The van der Waals surface area contributed by atoms with Crippen molar-refractivity contribution in [3.05, 3.63) is 0 Å². The zero-order valence-corrected chi connectivity index (χ0v) is 9.00. The number of hydrogen-bond donors (Lipinski definition) is 0. The quantitative estimate of drug-likeness (QED) is 0.462. The van der Waals surface area contributed by atoms with Gasteiger partial charge in [-0.3, -0.25) is 0 Å². The molecule has 3 heteroatoms. The van der Waals surface area contributed by atoms with Crippen molar-refractivity contribution in [2.45, 2.75) is 44.0 Å². The van der Waals surface area contributed by atoms with Gasteiger partial charge in [0.2, 0.25) is 0 Å². The summed E-state index contributed by atoms with van der Waals surface area (Å²) >= 11 is -3.62. The fourth-order valence-electron chi connectivity index (χ4n) is 0.902. The molecule has 0 fully saturated rings. The van der Waals surface area contributed by atoms with E-state index in [1.807, 2.05) is 0 Å². The second-order valence-corrected chi connectivity index (χ2v) is 5.45. The fraction of sp³-hybridized carbons (Fsp3) is 1.00. The molecule has 0 rings (SSSR count). The van der Waals surface area contributed by atoms with Gasteiger partial charge in [0.1, 0.15) is 0 Å². The van der Waals surface area contributed by atoms with E-state index in [1.165, 1.54) is 12.8 Å². The van der Waals surface area contributed by atoms with Crippen molar-refractivity contribution in [1.29, 1.82) is 0 Å².